The number of hydrogen-bond acceptors (Lipinski definition) is 3. The normalized spacial score (nSPS) is 18.3. The Morgan fingerprint density at radius 3 is 2.85 bits per heavy atom. The Morgan fingerprint density at radius 1 is 1.50 bits per heavy atom. The quantitative estimate of drug-likeness (QED) is 0.914. The average molecular weight is 276 g/mol. The summed E-state index contributed by atoms with van der Waals surface area (Å²) in [5.41, 5.74) is 1.66. The highest BCUT2D eigenvalue weighted by Crippen LogP contribution is 2.14. The van der Waals surface area contributed by atoms with E-state index in [0.29, 0.717) is 18.7 Å². The summed E-state index contributed by atoms with van der Waals surface area (Å²) in [5.74, 6) is -0.146. The number of benzene rings is 1. The molecule has 1 aromatic carbocycles. The molecular formula is C15H20N2O3. The number of nitrogens with zero attached hydrogens (tertiary/aromatic N) is 1. The molecule has 0 radical (unpaired) electrons. The molecular weight excluding hydrogens is 256 g/mol. The summed E-state index contributed by atoms with van der Waals surface area (Å²) in [6.07, 6.45) is -0.589. The van der Waals surface area contributed by atoms with Gasteiger partial charge in [-0.25, -0.2) is 4.79 Å². The number of hydrogen-bond donors (Lipinski definition) is 1. The summed E-state index contributed by atoms with van der Waals surface area (Å²) in [6.45, 7) is 6.67. The van der Waals surface area contributed by atoms with Crippen LogP contribution in [0.5, 0.6) is 0 Å². The number of rotatable bonds is 4. The molecule has 1 unspecified atom stereocenters. The molecule has 1 aliphatic rings. The largest absolute Gasteiger partial charge is 0.442 e. The SMILES string of the molecule is Cc1cccc(C(=O)NCC2CN(C(C)C)C(=O)O2)c1. The van der Waals surface area contributed by atoms with Gasteiger partial charge in [-0.15, -0.1) is 0 Å². The minimum Gasteiger partial charge on any atom is -0.442 e. The molecule has 0 saturated carbocycles. The van der Waals surface area contributed by atoms with Gasteiger partial charge in [0.25, 0.3) is 5.91 Å². The molecule has 108 valence electrons. The molecule has 1 aromatic rings. The Hall–Kier alpha value is -2.04. The smallest absolute Gasteiger partial charge is 0.410 e. The van der Waals surface area contributed by atoms with Crippen LogP contribution in [0, 0.1) is 6.92 Å². The maximum absolute atomic E-state index is 12.0. The highest BCUT2D eigenvalue weighted by molar-refractivity contribution is 5.94. The Bertz CT molecular complexity index is 514. The Labute approximate surface area is 118 Å². The number of ether oxygens (including phenoxy) is 1. The van der Waals surface area contributed by atoms with Gasteiger partial charge in [0.1, 0.15) is 6.10 Å². The van der Waals surface area contributed by atoms with Gasteiger partial charge >= 0.3 is 6.09 Å². The zero-order valence-corrected chi connectivity index (χ0v) is 12.1. The van der Waals surface area contributed by atoms with Gasteiger partial charge in [0.15, 0.2) is 0 Å². The van der Waals surface area contributed by atoms with E-state index in [4.69, 9.17) is 4.74 Å². The van der Waals surface area contributed by atoms with E-state index in [2.05, 4.69) is 5.32 Å². The van der Waals surface area contributed by atoms with Crippen LogP contribution < -0.4 is 5.32 Å². The number of amides is 2. The molecule has 1 atom stereocenters. The van der Waals surface area contributed by atoms with Crippen LogP contribution in [0.1, 0.15) is 29.8 Å². The van der Waals surface area contributed by atoms with Crippen molar-refractivity contribution in [1.29, 1.82) is 0 Å². The third kappa shape index (κ3) is 3.29. The van der Waals surface area contributed by atoms with Crippen LogP contribution >= 0.6 is 0 Å². The van der Waals surface area contributed by atoms with Crippen molar-refractivity contribution in [2.75, 3.05) is 13.1 Å². The second-order valence-corrected chi connectivity index (χ2v) is 5.33. The van der Waals surface area contributed by atoms with E-state index in [-0.39, 0.29) is 24.1 Å². The monoisotopic (exact) mass is 276 g/mol. The molecule has 0 aromatic heterocycles. The number of carbonyl (C=O) groups is 2. The molecule has 2 amide bonds. The molecule has 0 aliphatic carbocycles. The van der Waals surface area contributed by atoms with Crippen molar-refractivity contribution in [3.8, 4) is 0 Å². The predicted molar refractivity (Wildman–Crippen MR) is 75.6 cm³/mol. The van der Waals surface area contributed by atoms with E-state index >= 15 is 0 Å². The van der Waals surface area contributed by atoms with Gasteiger partial charge in [-0.2, -0.15) is 0 Å². The molecule has 5 nitrogen and oxygen atoms in total. The lowest BCUT2D eigenvalue weighted by molar-refractivity contribution is 0.0914. The lowest BCUT2D eigenvalue weighted by atomic mass is 10.1. The Kier molecular flexibility index (Phi) is 4.27. The fourth-order valence-corrected chi connectivity index (χ4v) is 2.16. The zero-order valence-electron chi connectivity index (χ0n) is 12.1. The van der Waals surface area contributed by atoms with Crippen molar-refractivity contribution in [2.24, 2.45) is 0 Å². The fraction of sp³-hybridized carbons (Fsp3) is 0.467. The van der Waals surface area contributed by atoms with E-state index in [0.717, 1.165) is 5.56 Å². The molecule has 1 fully saturated rings. The molecule has 1 saturated heterocycles. The maximum Gasteiger partial charge on any atom is 0.410 e. The molecule has 1 heterocycles. The van der Waals surface area contributed by atoms with E-state index in [1.807, 2.05) is 39.0 Å². The Morgan fingerprint density at radius 2 is 2.25 bits per heavy atom. The topological polar surface area (TPSA) is 58.6 Å². The third-order valence-electron chi connectivity index (χ3n) is 3.30. The minimum atomic E-state index is -0.310. The summed E-state index contributed by atoms with van der Waals surface area (Å²) in [5, 5.41) is 2.81. The Balaban J connectivity index is 1.87. The van der Waals surface area contributed by atoms with Crippen LogP contribution in [-0.2, 0) is 4.74 Å². The van der Waals surface area contributed by atoms with E-state index in [1.165, 1.54) is 0 Å². The number of cyclic esters (lactones) is 1. The van der Waals surface area contributed by atoms with E-state index in [1.54, 1.807) is 11.0 Å². The van der Waals surface area contributed by atoms with Crippen LogP contribution in [0.3, 0.4) is 0 Å². The average Bonchev–Trinajstić information content (AvgIpc) is 2.77. The molecule has 1 N–H and O–H groups in total. The third-order valence-corrected chi connectivity index (χ3v) is 3.30. The number of carbonyl (C=O) groups excluding carboxylic acids is 2. The van der Waals surface area contributed by atoms with Crippen LogP contribution in [0.4, 0.5) is 4.79 Å². The second kappa shape index (κ2) is 5.94. The molecule has 1 aliphatic heterocycles. The maximum atomic E-state index is 12.0. The predicted octanol–water partition coefficient (Wildman–Crippen LogP) is 1.95. The van der Waals surface area contributed by atoms with Gasteiger partial charge in [0.2, 0.25) is 0 Å². The van der Waals surface area contributed by atoms with Crippen LogP contribution in [0.2, 0.25) is 0 Å². The van der Waals surface area contributed by atoms with Gasteiger partial charge in [-0.1, -0.05) is 17.7 Å². The summed E-state index contributed by atoms with van der Waals surface area (Å²) in [4.78, 5) is 25.2. The number of nitrogens with one attached hydrogen (secondary N) is 1. The summed E-state index contributed by atoms with van der Waals surface area (Å²) in [7, 11) is 0. The first kappa shape index (κ1) is 14.4. The van der Waals surface area contributed by atoms with Gasteiger partial charge < -0.3 is 15.0 Å². The van der Waals surface area contributed by atoms with Crippen LogP contribution in [-0.4, -0.2) is 42.1 Å². The first-order valence-electron chi connectivity index (χ1n) is 6.79. The molecule has 5 heteroatoms. The lowest BCUT2D eigenvalue weighted by Gasteiger charge is -2.16. The van der Waals surface area contributed by atoms with Crippen molar-refractivity contribution in [3.05, 3.63) is 35.4 Å². The van der Waals surface area contributed by atoms with Crippen molar-refractivity contribution < 1.29 is 14.3 Å². The van der Waals surface area contributed by atoms with Crippen LogP contribution in [0.15, 0.2) is 24.3 Å². The first-order valence-corrected chi connectivity index (χ1v) is 6.79. The zero-order chi connectivity index (χ0) is 14.7. The van der Waals surface area contributed by atoms with Crippen molar-refractivity contribution in [3.63, 3.8) is 0 Å². The molecule has 0 spiro atoms. The molecule has 2 rings (SSSR count). The van der Waals surface area contributed by atoms with Gasteiger partial charge in [0, 0.05) is 11.6 Å². The first-order chi connectivity index (χ1) is 9.47. The van der Waals surface area contributed by atoms with Gasteiger partial charge in [0.05, 0.1) is 13.1 Å². The lowest BCUT2D eigenvalue weighted by Crippen LogP contribution is -2.36. The fourth-order valence-electron chi connectivity index (χ4n) is 2.16. The van der Waals surface area contributed by atoms with Crippen molar-refractivity contribution >= 4 is 12.0 Å². The molecule has 0 bridgehead atoms. The van der Waals surface area contributed by atoms with E-state index < -0.39 is 0 Å². The van der Waals surface area contributed by atoms with Gasteiger partial charge in [-0.05, 0) is 32.9 Å². The summed E-state index contributed by atoms with van der Waals surface area (Å²) < 4.78 is 5.22. The van der Waals surface area contributed by atoms with Gasteiger partial charge in [-0.3, -0.25) is 4.79 Å². The highest BCUT2D eigenvalue weighted by Gasteiger charge is 2.32. The van der Waals surface area contributed by atoms with Crippen LogP contribution in [0.25, 0.3) is 0 Å². The standard InChI is InChI=1S/C15H20N2O3/c1-10(2)17-9-13(20-15(17)19)8-16-14(18)12-6-4-5-11(3)7-12/h4-7,10,13H,8-9H2,1-3H3,(H,16,18). The second-order valence-electron chi connectivity index (χ2n) is 5.33. The van der Waals surface area contributed by atoms with Crippen molar-refractivity contribution in [1.82, 2.24) is 10.2 Å². The van der Waals surface area contributed by atoms with E-state index in [9.17, 15) is 9.59 Å². The minimum absolute atomic E-state index is 0.111. The summed E-state index contributed by atoms with van der Waals surface area (Å²) >= 11 is 0. The highest BCUT2D eigenvalue weighted by atomic mass is 16.6. The number of aryl methyl sites for hydroxylation is 1. The molecule has 20 heavy (non-hydrogen) atoms. The van der Waals surface area contributed by atoms with Crippen molar-refractivity contribution in [2.45, 2.75) is 32.9 Å². The summed E-state index contributed by atoms with van der Waals surface area (Å²) in [6, 6.07) is 7.50.